The fourth-order valence-corrected chi connectivity index (χ4v) is 1.58. The number of aryl methyl sites for hydroxylation is 1. The van der Waals surface area contributed by atoms with E-state index >= 15 is 0 Å². The van der Waals surface area contributed by atoms with E-state index in [1.54, 1.807) is 4.68 Å². The van der Waals surface area contributed by atoms with Crippen LogP contribution >= 0.6 is 0 Å². The predicted octanol–water partition coefficient (Wildman–Crippen LogP) is 1.06. The molecule has 0 aliphatic carbocycles. The number of nitrogens with zero attached hydrogens (tertiary/aromatic N) is 5. The third-order valence-corrected chi connectivity index (χ3v) is 2.61. The summed E-state index contributed by atoms with van der Waals surface area (Å²) in [5.41, 5.74) is 1.95. The molecule has 0 amide bonds. The first-order valence-electron chi connectivity index (χ1n) is 6.06. The number of hydrogen-bond acceptors (Lipinski definition) is 4. The Morgan fingerprint density at radius 3 is 2.50 bits per heavy atom. The molecule has 0 aromatic carbocycles. The fourth-order valence-electron chi connectivity index (χ4n) is 1.58. The van der Waals surface area contributed by atoms with E-state index in [9.17, 15) is 0 Å². The molecule has 0 atom stereocenters. The standard InChI is InChI=1S/C12H20N6/c1-12(2,3)18-9-11(14-16-18)8-13-7-10-5-6-17(4)15-10/h5-6,9,13H,7-8H2,1-4H3. The Morgan fingerprint density at radius 1 is 1.22 bits per heavy atom. The number of aromatic nitrogens is 5. The van der Waals surface area contributed by atoms with Crippen LogP contribution in [0.3, 0.4) is 0 Å². The zero-order valence-electron chi connectivity index (χ0n) is 11.4. The second kappa shape index (κ2) is 4.89. The van der Waals surface area contributed by atoms with E-state index in [0.29, 0.717) is 6.54 Å². The molecule has 0 saturated heterocycles. The van der Waals surface area contributed by atoms with Gasteiger partial charge in [-0.1, -0.05) is 5.21 Å². The zero-order chi connectivity index (χ0) is 13.2. The van der Waals surface area contributed by atoms with Crippen LogP contribution < -0.4 is 5.32 Å². The minimum Gasteiger partial charge on any atom is -0.305 e. The van der Waals surface area contributed by atoms with Crippen LogP contribution in [0.5, 0.6) is 0 Å². The summed E-state index contributed by atoms with van der Waals surface area (Å²) in [5, 5.41) is 15.9. The molecule has 2 aromatic rings. The van der Waals surface area contributed by atoms with Gasteiger partial charge in [0.25, 0.3) is 0 Å². The third kappa shape index (κ3) is 3.16. The average Bonchev–Trinajstić information content (AvgIpc) is 2.87. The Balaban J connectivity index is 1.85. The summed E-state index contributed by atoms with van der Waals surface area (Å²) in [6, 6.07) is 2.00. The molecule has 0 fully saturated rings. The molecule has 2 rings (SSSR count). The predicted molar refractivity (Wildman–Crippen MR) is 68.8 cm³/mol. The van der Waals surface area contributed by atoms with Crippen LogP contribution in [0.1, 0.15) is 32.2 Å². The lowest BCUT2D eigenvalue weighted by atomic mass is 10.1. The summed E-state index contributed by atoms with van der Waals surface area (Å²) in [4.78, 5) is 0. The maximum Gasteiger partial charge on any atom is 0.0965 e. The zero-order valence-corrected chi connectivity index (χ0v) is 11.4. The van der Waals surface area contributed by atoms with Gasteiger partial charge >= 0.3 is 0 Å². The van der Waals surface area contributed by atoms with Crippen molar-refractivity contribution in [2.75, 3.05) is 0 Å². The molecule has 0 bridgehead atoms. The highest BCUT2D eigenvalue weighted by molar-refractivity contribution is 4.99. The minimum absolute atomic E-state index is 0.0216. The van der Waals surface area contributed by atoms with E-state index in [2.05, 4.69) is 41.5 Å². The Labute approximate surface area is 107 Å². The Hall–Kier alpha value is -1.69. The van der Waals surface area contributed by atoms with Crippen LogP contribution in [-0.4, -0.2) is 24.8 Å². The number of rotatable bonds is 4. The van der Waals surface area contributed by atoms with E-state index in [4.69, 9.17) is 0 Å². The normalized spacial score (nSPS) is 12.0. The molecule has 0 saturated carbocycles. The third-order valence-electron chi connectivity index (χ3n) is 2.61. The van der Waals surface area contributed by atoms with Crippen LogP contribution in [0.25, 0.3) is 0 Å². The number of hydrogen-bond donors (Lipinski definition) is 1. The lowest BCUT2D eigenvalue weighted by Gasteiger charge is -2.17. The Bertz CT molecular complexity index is 505. The Kier molecular flexibility index (Phi) is 3.47. The molecule has 0 unspecified atom stereocenters. The van der Waals surface area contributed by atoms with Crippen LogP contribution in [0.2, 0.25) is 0 Å². The van der Waals surface area contributed by atoms with Gasteiger partial charge in [-0.2, -0.15) is 5.10 Å². The van der Waals surface area contributed by atoms with Crippen molar-refractivity contribution in [2.45, 2.75) is 39.4 Å². The van der Waals surface area contributed by atoms with Gasteiger partial charge in [0.1, 0.15) is 0 Å². The molecule has 2 heterocycles. The van der Waals surface area contributed by atoms with Crippen molar-refractivity contribution in [1.29, 1.82) is 0 Å². The van der Waals surface area contributed by atoms with Gasteiger partial charge in [-0.3, -0.25) is 4.68 Å². The first-order valence-corrected chi connectivity index (χ1v) is 6.06. The second-order valence-corrected chi connectivity index (χ2v) is 5.41. The first-order chi connectivity index (χ1) is 8.45. The topological polar surface area (TPSA) is 60.6 Å². The van der Waals surface area contributed by atoms with E-state index in [1.807, 2.05) is 30.2 Å². The molecule has 0 radical (unpaired) electrons. The van der Waals surface area contributed by atoms with Crippen LogP contribution in [0, 0.1) is 0 Å². The van der Waals surface area contributed by atoms with Gasteiger partial charge in [0.2, 0.25) is 0 Å². The number of nitrogens with one attached hydrogen (secondary N) is 1. The molecule has 0 spiro atoms. The van der Waals surface area contributed by atoms with E-state index in [1.165, 1.54) is 0 Å². The van der Waals surface area contributed by atoms with Gasteiger partial charge < -0.3 is 5.32 Å². The SMILES string of the molecule is Cn1ccc(CNCc2cn(C(C)(C)C)nn2)n1. The fraction of sp³-hybridized carbons (Fsp3) is 0.583. The van der Waals surface area contributed by atoms with Crippen molar-refractivity contribution in [2.24, 2.45) is 7.05 Å². The largest absolute Gasteiger partial charge is 0.305 e. The van der Waals surface area contributed by atoms with Crippen molar-refractivity contribution < 1.29 is 0 Å². The Morgan fingerprint density at radius 2 is 1.94 bits per heavy atom. The summed E-state index contributed by atoms with van der Waals surface area (Å²) < 4.78 is 3.68. The van der Waals surface area contributed by atoms with Gasteiger partial charge in [0.05, 0.1) is 23.1 Å². The monoisotopic (exact) mass is 248 g/mol. The minimum atomic E-state index is -0.0216. The molecule has 0 aliphatic rings. The van der Waals surface area contributed by atoms with Crippen LogP contribution in [0.15, 0.2) is 18.5 Å². The highest BCUT2D eigenvalue weighted by atomic mass is 15.4. The van der Waals surface area contributed by atoms with Gasteiger partial charge in [-0.05, 0) is 26.8 Å². The smallest absolute Gasteiger partial charge is 0.0965 e. The van der Waals surface area contributed by atoms with Crippen LogP contribution in [0.4, 0.5) is 0 Å². The molecule has 6 heteroatoms. The van der Waals surface area contributed by atoms with Crippen molar-refractivity contribution in [1.82, 2.24) is 30.1 Å². The molecular formula is C12H20N6. The molecule has 98 valence electrons. The lowest BCUT2D eigenvalue weighted by molar-refractivity contribution is 0.347. The van der Waals surface area contributed by atoms with E-state index in [-0.39, 0.29) is 5.54 Å². The summed E-state index contributed by atoms with van der Waals surface area (Å²) in [5.74, 6) is 0. The van der Waals surface area contributed by atoms with E-state index < -0.39 is 0 Å². The lowest BCUT2D eigenvalue weighted by Crippen LogP contribution is -2.22. The summed E-state index contributed by atoms with van der Waals surface area (Å²) >= 11 is 0. The second-order valence-electron chi connectivity index (χ2n) is 5.41. The average molecular weight is 248 g/mol. The highest BCUT2D eigenvalue weighted by Gasteiger charge is 2.14. The van der Waals surface area contributed by atoms with Crippen molar-refractivity contribution in [3.8, 4) is 0 Å². The van der Waals surface area contributed by atoms with Gasteiger partial charge in [-0.25, -0.2) is 4.68 Å². The molecular weight excluding hydrogens is 228 g/mol. The summed E-state index contributed by atoms with van der Waals surface area (Å²) in [6.45, 7) is 7.75. The molecule has 6 nitrogen and oxygen atoms in total. The van der Waals surface area contributed by atoms with Crippen LogP contribution in [-0.2, 0) is 25.7 Å². The van der Waals surface area contributed by atoms with Crippen molar-refractivity contribution in [3.63, 3.8) is 0 Å². The maximum absolute atomic E-state index is 4.30. The summed E-state index contributed by atoms with van der Waals surface area (Å²) in [6.07, 6.45) is 3.91. The van der Waals surface area contributed by atoms with Gasteiger partial charge in [0.15, 0.2) is 0 Å². The van der Waals surface area contributed by atoms with Crippen molar-refractivity contribution >= 4 is 0 Å². The molecule has 0 aliphatic heterocycles. The molecule has 1 N–H and O–H groups in total. The molecule has 18 heavy (non-hydrogen) atoms. The van der Waals surface area contributed by atoms with Gasteiger partial charge in [0, 0.05) is 26.3 Å². The van der Waals surface area contributed by atoms with Crippen molar-refractivity contribution in [3.05, 3.63) is 29.8 Å². The first kappa shape index (κ1) is 12.8. The maximum atomic E-state index is 4.30. The summed E-state index contributed by atoms with van der Waals surface area (Å²) in [7, 11) is 1.92. The molecule has 2 aromatic heterocycles. The quantitative estimate of drug-likeness (QED) is 0.878. The van der Waals surface area contributed by atoms with E-state index in [0.717, 1.165) is 17.9 Å². The van der Waals surface area contributed by atoms with Gasteiger partial charge in [-0.15, -0.1) is 5.10 Å². The highest BCUT2D eigenvalue weighted by Crippen LogP contribution is 2.11.